The van der Waals surface area contributed by atoms with E-state index >= 15 is 0 Å². The minimum absolute atomic E-state index is 0.362. The van der Waals surface area contributed by atoms with Gasteiger partial charge in [0.25, 0.3) is 0 Å². The van der Waals surface area contributed by atoms with Gasteiger partial charge in [0.05, 0.1) is 19.8 Å². The first-order valence-electron chi connectivity index (χ1n) is 7.13. The third-order valence-corrected chi connectivity index (χ3v) is 3.52. The topological polar surface area (TPSA) is 44.8 Å². The second-order valence-corrected chi connectivity index (χ2v) is 5.00. The molecule has 0 N–H and O–H groups in total. The zero-order chi connectivity index (χ0) is 16.2. The second kappa shape index (κ2) is 6.40. The minimum atomic E-state index is -0.362. The third kappa shape index (κ3) is 3.26. The highest BCUT2D eigenvalue weighted by Gasteiger charge is 2.21. The lowest BCUT2D eigenvalue weighted by atomic mass is 10.1. The van der Waals surface area contributed by atoms with Crippen LogP contribution in [0, 0.1) is 0 Å². The number of hydrogen-bond donors (Lipinski definition) is 0. The summed E-state index contributed by atoms with van der Waals surface area (Å²) in [4.78, 5) is 12.0. The first-order valence-corrected chi connectivity index (χ1v) is 7.13. The van der Waals surface area contributed by atoms with Crippen LogP contribution in [0.4, 0.5) is 0 Å². The maximum Gasteiger partial charge on any atom is 0.343 e. The molecule has 116 valence electrons. The lowest BCUT2D eigenvalue weighted by Gasteiger charge is -2.03. The molecule has 0 fully saturated rings. The molecule has 0 aliphatic carbocycles. The molecule has 0 bridgehead atoms. The van der Waals surface area contributed by atoms with E-state index in [0.29, 0.717) is 11.3 Å². The van der Waals surface area contributed by atoms with Crippen LogP contribution < -0.4 is 9.47 Å². The highest BCUT2D eigenvalue weighted by Crippen LogP contribution is 2.28. The fourth-order valence-electron chi connectivity index (χ4n) is 2.30. The number of benzene rings is 2. The van der Waals surface area contributed by atoms with Crippen molar-refractivity contribution in [2.45, 2.75) is 0 Å². The summed E-state index contributed by atoms with van der Waals surface area (Å²) in [5.41, 5.74) is 2.21. The van der Waals surface area contributed by atoms with E-state index in [9.17, 15) is 4.79 Å². The predicted octanol–water partition coefficient (Wildman–Crippen LogP) is 3.69. The van der Waals surface area contributed by atoms with Crippen LogP contribution in [0.25, 0.3) is 11.8 Å². The van der Waals surface area contributed by atoms with Gasteiger partial charge in [-0.15, -0.1) is 0 Å². The summed E-state index contributed by atoms with van der Waals surface area (Å²) in [7, 11) is 3.22. The van der Waals surface area contributed by atoms with Gasteiger partial charge < -0.3 is 14.2 Å². The van der Waals surface area contributed by atoms with Crippen LogP contribution in [0.15, 0.2) is 60.2 Å². The van der Waals surface area contributed by atoms with Crippen LogP contribution in [-0.4, -0.2) is 20.2 Å². The van der Waals surface area contributed by atoms with E-state index < -0.39 is 0 Å². The monoisotopic (exact) mass is 308 g/mol. The molecule has 0 saturated heterocycles. The summed E-state index contributed by atoms with van der Waals surface area (Å²) in [6.45, 7) is 0. The highest BCUT2D eigenvalue weighted by atomic mass is 16.5. The molecule has 2 aromatic rings. The first-order chi connectivity index (χ1) is 11.2. The fraction of sp³-hybridized carbons (Fsp3) is 0.105. The van der Waals surface area contributed by atoms with E-state index in [1.807, 2.05) is 48.5 Å². The molecular formula is C19H16O4. The van der Waals surface area contributed by atoms with Gasteiger partial charge in [-0.05, 0) is 54.1 Å². The zero-order valence-electron chi connectivity index (χ0n) is 12.9. The van der Waals surface area contributed by atoms with Crippen molar-refractivity contribution in [3.8, 4) is 11.5 Å². The van der Waals surface area contributed by atoms with Crippen molar-refractivity contribution in [2.75, 3.05) is 14.2 Å². The van der Waals surface area contributed by atoms with Gasteiger partial charge >= 0.3 is 5.97 Å². The van der Waals surface area contributed by atoms with Crippen molar-refractivity contribution in [3.05, 3.63) is 71.3 Å². The lowest BCUT2D eigenvalue weighted by Crippen LogP contribution is -1.97. The van der Waals surface area contributed by atoms with Crippen molar-refractivity contribution in [1.82, 2.24) is 0 Å². The van der Waals surface area contributed by atoms with Gasteiger partial charge in [0.15, 0.2) is 0 Å². The van der Waals surface area contributed by atoms with Gasteiger partial charge in [-0.2, -0.15) is 0 Å². The van der Waals surface area contributed by atoms with Crippen molar-refractivity contribution < 1.29 is 19.0 Å². The normalized spacial score (nSPS) is 15.3. The number of carbonyl (C=O) groups excluding carboxylic acids is 1. The number of carbonyl (C=O) groups is 1. The van der Waals surface area contributed by atoms with E-state index in [1.165, 1.54) is 0 Å². The third-order valence-electron chi connectivity index (χ3n) is 3.52. The SMILES string of the molecule is COc1ccc(C2=C/C(=C\c3cccc(OC)c3)C(=O)O2)cc1. The van der Waals surface area contributed by atoms with Gasteiger partial charge in [-0.3, -0.25) is 0 Å². The second-order valence-electron chi connectivity index (χ2n) is 5.00. The predicted molar refractivity (Wildman–Crippen MR) is 88.0 cm³/mol. The number of cyclic esters (lactones) is 1. The van der Waals surface area contributed by atoms with Gasteiger partial charge in [0.2, 0.25) is 0 Å². The van der Waals surface area contributed by atoms with Crippen LogP contribution in [0.2, 0.25) is 0 Å². The Hall–Kier alpha value is -3.01. The molecule has 1 aliphatic rings. The van der Waals surface area contributed by atoms with E-state index in [1.54, 1.807) is 26.4 Å². The standard InChI is InChI=1S/C19H16O4/c1-21-16-8-6-14(7-9-16)18-12-15(19(20)23-18)10-13-4-3-5-17(11-13)22-2/h3-12H,1-2H3/b15-10+. The van der Waals surface area contributed by atoms with Gasteiger partial charge in [-0.25, -0.2) is 4.79 Å². The fourth-order valence-corrected chi connectivity index (χ4v) is 2.30. The molecule has 0 unspecified atom stereocenters. The Balaban J connectivity index is 1.89. The highest BCUT2D eigenvalue weighted by molar-refractivity contribution is 6.05. The molecule has 0 radical (unpaired) electrons. The van der Waals surface area contributed by atoms with Crippen LogP contribution in [-0.2, 0) is 9.53 Å². The average Bonchev–Trinajstić information content (AvgIpc) is 2.96. The van der Waals surface area contributed by atoms with Gasteiger partial charge in [-0.1, -0.05) is 12.1 Å². The Morgan fingerprint density at radius 2 is 1.70 bits per heavy atom. The van der Waals surface area contributed by atoms with Gasteiger partial charge in [0, 0.05) is 5.56 Å². The maximum absolute atomic E-state index is 12.0. The molecule has 0 aromatic heterocycles. The van der Waals surface area contributed by atoms with Crippen LogP contribution in [0.1, 0.15) is 11.1 Å². The van der Waals surface area contributed by atoms with Gasteiger partial charge in [0.1, 0.15) is 17.3 Å². The Bertz CT molecular complexity index is 785. The molecule has 0 atom stereocenters. The summed E-state index contributed by atoms with van der Waals surface area (Å²) in [5, 5.41) is 0. The summed E-state index contributed by atoms with van der Waals surface area (Å²) in [6.07, 6.45) is 3.52. The molecule has 3 rings (SSSR count). The van der Waals surface area contributed by atoms with Crippen molar-refractivity contribution in [2.24, 2.45) is 0 Å². The largest absolute Gasteiger partial charge is 0.497 e. The number of methoxy groups -OCH3 is 2. The lowest BCUT2D eigenvalue weighted by molar-refractivity contribution is -0.130. The number of hydrogen-bond acceptors (Lipinski definition) is 4. The van der Waals surface area contributed by atoms with Crippen LogP contribution in [0.3, 0.4) is 0 Å². The maximum atomic E-state index is 12.0. The first kappa shape index (κ1) is 14.9. The molecule has 0 spiro atoms. The summed E-state index contributed by atoms with van der Waals surface area (Å²) >= 11 is 0. The summed E-state index contributed by atoms with van der Waals surface area (Å²) in [6, 6.07) is 14.9. The molecule has 1 heterocycles. The number of esters is 1. The molecular weight excluding hydrogens is 292 g/mol. The number of rotatable bonds is 4. The van der Waals surface area contributed by atoms with E-state index in [2.05, 4.69) is 0 Å². The molecule has 1 aliphatic heterocycles. The van der Waals surface area contributed by atoms with Crippen molar-refractivity contribution in [1.29, 1.82) is 0 Å². The minimum Gasteiger partial charge on any atom is -0.497 e. The molecule has 4 heteroatoms. The average molecular weight is 308 g/mol. The zero-order valence-corrected chi connectivity index (χ0v) is 12.9. The smallest absolute Gasteiger partial charge is 0.343 e. The Morgan fingerprint density at radius 1 is 0.957 bits per heavy atom. The van der Waals surface area contributed by atoms with Crippen LogP contribution >= 0.6 is 0 Å². The summed E-state index contributed by atoms with van der Waals surface area (Å²) in [5.74, 6) is 1.67. The quantitative estimate of drug-likeness (QED) is 0.638. The molecule has 4 nitrogen and oxygen atoms in total. The van der Waals surface area contributed by atoms with E-state index in [4.69, 9.17) is 14.2 Å². The number of ether oxygens (including phenoxy) is 3. The molecule has 0 saturated carbocycles. The van der Waals surface area contributed by atoms with E-state index in [-0.39, 0.29) is 5.97 Å². The molecule has 0 amide bonds. The van der Waals surface area contributed by atoms with Crippen molar-refractivity contribution in [3.63, 3.8) is 0 Å². The summed E-state index contributed by atoms with van der Waals surface area (Å²) < 4.78 is 15.7. The van der Waals surface area contributed by atoms with E-state index in [0.717, 1.165) is 22.6 Å². The molecule has 2 aromatic carbocycles. The van der Waals surface area contributed by atoms with Crippen LogP contribution in [0.5, 0.6) is 11.5 Å². The molecule has 23 heavy (non-hydrogen) atoms. The Labute approximate surface area is 134 Å². The van der Waals surface area contributed by atoms with Crippen molar-refractivity contribution >= 4 is 17.8 Å². The Kier molecular flexibility index (Phi) is 4.15. The Morgan fingerprint density at radius 3 is 2.39 bits per heavy atom.